The van der Waals surface area contributed by atoms with Crippen molar-refractivity contribution in [3.63, 3.8) is 0 Å². The molecule has 13 heavy (non-hydrogen) atoms. The zero-order valence-corrected chi connectivity index (χ0v) is 9.29. The maximum Gasteiger partial charge on any atom is 0.0196 e. The number of rotatable bonds is 6. The van der Waals surface area contributed by atoms with E-state index < -0.39 is 0 Å². The Morgan fingerprint density at radius 2 is 1.92 bits per heavy atom. The lowest BCUT2D eigenvalue weighted by Gasteiger charge is -2.25. The van der Waals surface area contributed by atoms with Crippen LogP contribution in [0.3, 0.4) is 0 Å². The predicted molar refractivity (Wildman–Crippen MR) is 57.7 cm³/mol. The number of hydrogen-bond donors (Lipinski definition) is 1. The van der Waals surface area contributed by atoms with Crippen molar-refractivity contribution in [3.05, 3.63) is 0 Å². The van der Waals surface area contributed by atoms with Crippen LogP contribution in [0.15, 0.2) is 0 Å². The van der Waals surface area contributed by atoms with Crippen molar-refractivity contribution in [1.29, 1.82) is 0 Å². The van der Waals surface area contributed by atoms with E-state index in [-0.39, 0.29) is 0 Å². The molecule has 2 nitrogen and oxygen atoms in total. The van der Waals surface area contributed by atoms with Gasteiger partial charge in [-0.3, -0.25) is 0 Å². The minimum atomic E-state index is 0.429. The van der Waals surface area contributed by atoms with E-state index in [1.54, 1.807) is 0 Å². The minimum Gasteiger partial charge on any atom is -0.326 e. The Hall–Kier alpha value is -0.0800. The third kappa shape index (κ3) is 4.10. The molecule has 1 aliphatic carbocycles. The van der Waals surface area contributed by atoms with E-state index >= 15 is 0 Å². The molecule has 0 aromatic rings. The monoisotopic (exact) mass is 184 g/mol. The van der Waals surface area contributed by atoms with E-state index in [1.807, 2.05) is 0 Å². The summed E-state index contributed by atoms with van der Waals surface area (Å²) in [5, 5.41) is 0. The highest BCUT2D eigenvalue weighted by atomic mass is 15.1. The second-order valence-electron chi connectivity index (χ2n) is 4.75. The molecule has 2 N–H and O–H groups in total. The number of likely N-dealkylation sites (N-methyl/N-ethyl adjacent to an activating group) is 1. The van der Waals surface area contributed by atoms with Crippen LogP contribution in [-0.2, 0) is 0 Å². The molecular weight excluding hydrogens is 160 g/mol. The molecule has 0 aromatic carbocycles. The maximum absolute atomic E-state index is 6.09. The van der Waals surface area contributed by atoms with Gasteiger partial charge in [0.1, 0.15) is 0 Å². The molecular formula is C11H24N2. The van der Waals surface area contributed by atoms with Gasteiger partial charge >= 0.3 is 0 Å². The number of nitrogens with two attached hydrogens (primary N) is 1. The van der Waals surface area contributed by atoms with Crippen molar-refractivity contribution in [2.24, 2.45) is 17.6 Å². The molecule has 0 aliphatic heterocycles. The number of hydrogen-bond acceptors (Lipinski definition) is 2. The Kier molecular flexibility index (Phi) is 4.20. The summed E-state index contributed by atoms with van der Waals surface area (Å²) in [5.74, 6) is 1.59. The van der Waals surface area contributed by atoms with Gasteiger partial charge in [-0.2, -0.15) is 0 Å². The Morgan fingerprint density at radius 1 is 1.31 bits per heavy atom. The molecule has 1 fully saturated rings. The van der Waals surface area contributed by atoms with Gasteiger partial charge in [0.25, 0.3) is 0 Å². The molecule has 1 unspecified atom stereocenters. The molecule has 1 saturated carbocycles. The molecule has 0 saturated heterocycles. The van der Waals surface area contributed by atoms with E-state index in [0.29, 0.717) is 6.04 Å². The normalized spacial score (nSPS) is 19.8. The third-order valence-electron chi connectivity index (χ3n) is 2.77. The summed E-state index contributed by atoms with van der Waals surface area (Å²) in [7, 11) is 0. The summed E-state index contributed by atoms with van der Waals surface area (Å²) in [5.41, 5.74) is 6.09. The van der Waals surface area contributed by atoms with Crippen molar-refractivity contribution in [3.8, 4) is 0 Å². The number of nitrogens with zero attached hydrogens (tertiary/aromatic N) is 1. The van der Waals surface area contributed by atoms with Crippen LogP contribution in [0, 0.1) is 11.8 Å². The van der Waals surface area contributed by atoms with Gasteiger partial charge < -0.3 is 10.6 Å². The first-order valence-electron chi connectivity index (χ1n) is 5.61. The highest BCUT2D eigenvalue weighted by molar-refractivity contribution is 4.85. The standard InChI is InChI=1S/C11H24N2/c1-4-13(7-9(2)3)8-11(12)10-5-6-10/h9-11H,4-8,12H2,1-3H3. The molecule has 2 heteroatoms. The first-order chi connectivity index (χ1) is 6.13. The molecule has 1 aliphatic rings. The smallest absolute Gasteiger partial charge is 0.0196 e. The molecule has 0 radical (unpaired) electrons. The van der Waals surface area contributed by atoms with E-state index in [1.165, 1.54) is 19.4 Å². The largest absolute Gasteiger partial charge is 0.326 e. The maximum atomic E-state index is 6.09. The van der Waals surface area contributed by atoms with Gasteiger partial charge in [-0.1, -0.05) is 20.8 Å². The van der Waals surface area contributed by atoms with Crippen LogP contribution in [0.2, 0.25) is 0 Å². The van der Waals surface area contributed by atoms with E-state index in [4.69, 9.17) is 5.73 Å². The SMILES string of the molecule is CCN(CC(C)C)CC(N)C1CC1. The second-order valence-corrected chi connectivity index (χ2v) is 4.75. The molecule has 0 bridgehead atoms. The Morgan fingerprint density at radius 3 is 2.31 bits per heavy atom. The van der Waals surface area contributed by atoms with Crippen molar-refractivity contribution < 1.29 is 0 Å². The average molecular weight is 184 g/mol. The van der Waals surface area contributed by atoms with Crippen LogP contribution in [0.4, 0.5) is 0 Å². The summed E-state index contributed by atoms with van der Waals surface area (Å²) in [6, 6.07) is 0.429. The lowest BCUT2D eigenvalue weighted by molar-refractivity contribution is 0.234. The third-order valence-corrected chi connectivity index (χ3v) is 2.77. The van der Waals surface area contributed by atoms with E-state index in [0.717, 1.165) is 24.9 Å². The van der Waals surface area contributed by atoms with Gasteiger partial charge in [0, 0.05) is 19.1 Å². The highest BCUT2D eigenvalue weighted by Gasteiger charge is 2.29. The van der Waals surface area contributed by atoms with Crippen LogP contribution in [0.1, 0.15) is 33.6 Å². The van der Waals surface area contributed by atoms with Crippen molar-refractivity contribution in [2.45, 2.75) is 39.7 Å². The van der Waals surface area contributed by atoms with Crippen LogP contribution >= 0.6 is 0 Å². The first-order valence-corrected chi connectivity index (χ1v) is 5.61. The van der Waals surface area contributed by atoms with Gasteiger partial charge in [0.05, 0.1) is 0 Å². The zero-order valence-electron chi connectivity index (χ0n) is 9.29. The molecule has 0 spiro atoms. The van der Waals surface area contributed by atoms with E-state index in [2.05, 4.69) is 25.7 Å². The first kappa shape index (κ1) is 11.0. The summed E-state index contributed by atoms with van der Waals surface area (Å²) in [6.07, 6.45) is 2.72. The van der Waals surface area contributed by atoms with Crippen molar-refractivity contribution in [1.82, 2.24) is 4.90 Å². The van der Waals surface area contributed by atoms with Gasteiger partial charge in [-0.25, -0.2) is 0 Å². The van der Waals surface area contributed by atoms with Crippen molar-refractivity contribution in [2.75, 3.05) is 19.6 Å². The Labute approximate surface area is 82.5 Å². The van der Waals surface area contributed by atoms with E-state index in [9.17, 15) is 0 Å². The summed E-state index contributed by atoms with van der Waals surface area (Å²) in [6.45, 7) is 10.2. The van der Waals surface area contributed by atoms with Crippen LogP contribution in [-0.4, -0.2) is 30.6 Å². The minimum absolute atomic E-state index is 0.429. The van der Waals surface area contributed by atoms with Crippen LogP contribution in [0.25, 0.3) is 0 Å². The predicted octanol–water partition coefficient (Wildman–Crippen LogP) is 1.70. The average Bonchev–Trinajstić information content (AvgIpc) is 2.84. The van der Waals surface area contributed by atoms with Crippen molar-refractivity contribution >= 4 is 0 Å². The summed E-state index contributed by atoms with van der Waals surface area (Å²) >= 11 is 0. The molecule has 1 rings (SSSR count). The Balaban J connectivity index is 2.21. The fourth-order valence-electron chi connectivity index (χ4n) is 1.82. The fourth-order valence-corrected chi connectivity index (χ4v) is 1.82. The molecule has 78 valence electrons. The molecule has 0 heterocycles. The van der Waals surface area contributed by atoms with Crippen LogP contribution < -0.4 is 5.73 Å². The van der Waals surface area contributed by atoms with Gasteiger partial charge in [-0.05, 0) is 31.2 Å². The topological polar surface area (TPSA) is 29.3 Å². The summed E-state index contributed by atoms with van der Waals surface area (Å²) in [4.78, 5) is 2.48. The second kappa shape index (κ2) is 4.97. The van der Waals surface area contributed by atoms with Gasteiger partial charge in [0.2, 0.25) is 0 Å². The lowest BCUT2D eigenvalue weighted by atomic mass is 10.1. The quantitative estimate of drug-likeness (QED) is 0.681. The zero-order chi connectivity index (χ0) is 9.84. The lowest BCUT2D eigenvalue weighted by Crippen LogP contribution is -2.40. The Bertz CT molecular complexity index is 141. The summed E-state index contributed by atoms with van der Waals surface area (Å²) < 4.78 is 0. The highest BCUT2D eigenvalue weighted by Crippen LogP contribution is 2.31. The van der Waals surface area contributed by atoms with Crippen LogP contribution in [0.5, 0.6) is 0 Å². The van der Waals surface area contributed by atoms with Gasteiger partial charge in [-0.15, -0.1) is 0 Å². The molecule has 0 amide bonds. The molecule has 1 atom stereocenters. The molecule has 0 aromatic heterocycles. The van der Waals surface area contributed by atoms with Gasteiger partial charge in [0.15, 0.2) is 0 Å². The fraction of sp³-hybridized carbons (Fsp3) is 1.00.